The number of amides is 1. The van der Waals surface area contributed by atoms with Crippen LogP contribution in [-0.4, -0.2) is 47.0 Å². The van der Waals surface area contributed by atoms with Crippen LogP contribution in [0.4, 0.5) is 17.1 Å². The lowest BCUT2D eigenvalue weighted by Crippen LogP contribution is -2.36. The van der Waals surface area contributed by atoms with Gasteiger partial charge in [0.25, 0.3) is 0 Å². The third kappa shape index (κ3) is 5.42. The van der Waals surface area contributed by atoms with Crippen LogP contribution in [0.2, 0.25) is 0 Å². The lowest BCUT2D eigenvalue weighted by Gasteiger charge is -2.36. The molecule has 0 bridgehead atoms. The smallest absolute Gasteiger partial charge is 0.247 e. The highest BCUT2D eigenvalue weighted by Crippen LogP contribution is 2.36. The van der Waals surface area contributed by atoms with Gasteiger partial charge in [0, 0.05) is 36.0 Å². The van der Waals surface area contributed by atoms with E-state index < -0.39 is 0 Å². The molecule has 3 aromatic rings. The highest BCUT2D eigenvalue weighted by atomic mass is 16.1. The molecule has 7 heteroatoms. The molecule has 1 fully saturated rings. The highest BCUT2D eigenvalue weighted by molar-refractivity contribution is 5.98. The summed E-state index contributed by atoms with van der Waals surface area (Å²) in [5.74, 6) is -0.232. The Morgan fingerprint density at radius 3 is 2.61 bits per heavy atom. The van der Waals surface area contributed by atoms with Gasteiger partial charge in [-0.2, -0.15) is 0 Å². The minimum absolute atomic E-state index is 0.106. The molecule has 0 spiro atoms. The molecule has 1 atom stereocenters. The van der Waals surface area contributed by atoms with Crippen LogP contribution in [0.25, 0.3) is 6.08 Å². The van der Waals surface area contributed by atoms with E-state index in [4.69, 9.17) is 0 Å². The van der Waals surface area contributed by atoms with Gasteiger partial charge in [0.15, 0.2) is 0 Å². The summed E-state index contributed by atoms with van der Waals surface area (Å²) in [4.78, 5) is 18.5. The number of benzene rings is 2. The van der Waals surface area contributed by atoms with Crippen molar-refractivity contribution in [3.8, 4) is 0 Å². The summed E-state index contributed by atoms with van der Waals surface area (Å²) in [6.07, 6.45) is 11.4. The molecule has 0 aliphatic carbocycles. The van der Waals surface area contributed by atoms with Gasteiger partial charge in [0.05, 0.1) is 5.69 Å². The fraction of sp³-hybridized carbons (Fsp3) is 0.241. The van der Waals surface area contributed by atoms with E-state index in [1.54, 1.807) is 0 Å². The second-order valence-corrected chi connectivity index (χ2v) is 9.36. The Morgan fingerprint density at radius 1 is 1.06 bits per heavy atom. The van der Waals surface area contributed by atoms with Gasteiger partial charge in [-0.15, -0.1) is 0 Å². The summed E-state index contributed by atoms with van der Waals surface area (Å²) in [6.45, 7) is 5.82. The van der Waals surface area contributed by atoms with Crippen molar-refractivity contribution >= 4 is 29.0 Å². The number of piperidine rings is 1. The Hall–Kier alpha value is -4.10. The zero-order chi connectivity index (χ0) is 24.9. The molecule has 0 saturated carbocycles. The first-order valence-electron chi connectivity index (χ1n) is 12.3. The van der Waals surface area contributed by atoms with Crippen molar-refractivity contribution in [2.24, 2.45) is 0 Å². The van der Waals surface area contributed by atoms with E-state index in [0.717, 1.165) is 59.7 Å². The molecule has 2 aliphatic rings. The summed E-state index contributed by atoms with van der Waals surface area (Å²) >= 11 is 0. The molecule has 1 aromatic heterocycles. The maximum Gasteiger partial charge on any atom is 0.247 e. The van der Waals surface area contributed by atoms with E-state index in [2.05, 4.69) is 81.0 Å². The number of anilines is 3. The third-order valence-corrected chi connectivity index (χ3v) is 6.76. The zero-order valence-corrected chi connectivity index (χ0v) is 20.5. The molecule has 0 radical (unpaired) electrons. The predicted molar refractivity (Wildman–Crippen MR) is 146 cm³/mol. The SMILES string of the molecule is C=CC(=O)Nc1cccc(C2c3ccncc3C=CN2Nc2ccc(NC3CCN(C)CC3)cc2)c1. The van der Waals surface area contributed by atoms with Crippen molar-refractivity contribution in [1.29, 1.82) is 0 Å². The monoisotopic (exact) mass is 480 g/mol. The average molecular weight is 481 g/mol. The van der Waals surface area contributed by atoms with E-state index in [1.807, 2.05) is 42.9 Å². The topological polar surface area (TPSA) is 72.5 Å². The molecule has 184 valence electrons. The molecule has 7 nitrogen and oxygen atoms in total. The summed E-state index contributed by atoms with van der Waals surface area (Å²) in [5.41, 5.74) is 9.67. The van der Waals surface area contributed by atoms with Gasteiger partial charge in [-0.25, -0.2) is 0 Å². The van der Waals surface area contributed by atoms with Crippen molar-refractivity contribution in [2.75, 3.05) is 36.2 Å². The fourth-order valence-corrected chi connectivity index (χ4v) is 4.80. The number of rotatable bonds is 7. The average Bonchev–Trinajstić information content (AvgIpc) is 2.91. The fourth-order valence-electron chi connectivity index (χ4n) is 4.80. The first kappa shape index (κ1) is 23.6. The van der Waals surface area contributed by atoms with E-state index in [9.17, 15) is 4.79 Å². The van der Waals surface area contributed by atoms with Gasteiger partial charge in [-0.05, 0) is 104 Å². The Morgan fingerprint density at radius 2 is 1.83 bits per heavy atom. The number of carbonyl (C=O) groups is 1. The van der Waals surface area contributed by atoms with E-state index in [1.165, 1.54) is 6.08 Å². The van der Waals surface area contributed by atoms with Crippen LogP contribution in [-0.2, 0) is 4.79 Å². The number of aromatic nitrogens is 1. The lowest BCUT2D eigenvalue weighted by molar-refractivity contribution is -0.111. The maximum atomic E-state index is 11.9. The van der Waals surface area contributed by atoms with E-state index in [0.29, 0.717) is 6.04 Å². The standard InChI is InChI=1S/C29H32N6O/c1-3-28(36)32-26-6-4-5-21(19-26)29-27-11-15-30-20-22(27)12-18-35(29)33-25-9-7-23(8-10-25)31-24-13-16-34(2)17-14-24/h3-12,15,18-20,24,29,31,33H,1,13-14,16-17H2,2H3,(H,32,36). The van der Waals surface area contributed by atoms with Gasteiger partial charge in [0.1, 0.15) is 6.04 Å². The van der Waals surface area contributed by atoms with Gasteiger partial charge >= 0.3 is 0 Å². The van der Waals surface area contributed by atoms with Gasteiger partial charge in [-0.3, -0.25) is 20.2 Å². The number of hydrogen-bond donors (Lipinski definition) is 3. The Kier molecular flexibility index (Phi) is 7.00. The van der Waals surface area contributed by atoms with Crippen LogP contribution in [0.5, 0.6) is 0 Å². The molecule has 2 aromatic carbocycles. The number of pyridine rings is 1. The highest BCUT2D eigenvalue weighted by Gasteiger charge is 2.26. The summed E-state index contributed by atoms with van der Waals surface area (Å²) < 4.78 is 0. The summed E-state index contributed by atoms with van der Waals surface area (Å²) in [5, 5.41) is 8.64. The molecule has 36 heavy (non-hydrogen) atoms. The lowest BCUT2D eigenvalue weighted by atomic mass is 9.93. The molecule has 1 unspecified atom stereocenters. The second-order valence-electron chi connectivity index (χ2n) is 9.36. The minimum Gasteiger partial charge on any atom is -0.382 e. The normalized spacial score (nSPS) is 17.8. The predicted octanol–water partition coefficient (Wildman–Crippen LogP) is 5.12. The van der Waals surface area contributed by atoms with Gasteiger partial charge < -0.3 is 15.5 Å². The van der Waals surface area contributed by atoms with Crippen molar-refractivity contribution < 1.29 is 4.79 Å². The summed E-state index contributed by atoms with van der Waals surface area (Å²) in [7, 11) is 2.18. The van der Waals surface area contributed by atoms with Crippen molar-refractivity contribution in [1.82, 2.24) is 14.9 Å². The second kappa shape index (κ2) is 10.7. The molecule has 3 heterocycles. The maximum absolute atomic E-state index is 11.9. The number of hydrogen-bond acceptors (Lipinski definition) is 6. The van der Waals surface area contributed by atoms with Crippen LogP contribution in [0.3, 0.4) is 0 Å². The number of nitrogens with zero attached hydrogens (tertiary/aromatic N) is 3. The van der Waals surface area contributed by atoms with Crippen LogP contribution in [0, 0.1) is 0 Å². The van der Waals surface area contributed by atoms with Crippen molar-refractivity contribution in [3.05, 3.63) is 103 Å². The van der Waals surface area contributed by atoms with Gasteiger partial charge in [0.2, 0.25) is 5.91 Å². The molecule has 1 amide bonds. The molecular weight excluding hydrogens is 448 g/mol. The van der Waals surface area contributed by atoms with E-state index >= 15 is 0 Å². The van der Waals surface area contributed by atoms with E-state index in [-0.39, 0.29) is 11.9 Å². The quantitative estimate of drug-likeness (QED) is 0.408. The Labute approximate surface area is 212 Å². The van der Waals surface area contributed by atoms with Gasteiger partial charge in [-0.1, -0.05) is 18.7 Å². The van der Waals surface area contributed by atoms with Crippen molar-refractivity contribution in [3.63, 3.8) is 0 Å². The van der Waals surface area contributed by atoms with Crippen LogP contribution in [0.1, 0.15) is 35.6 Å². The molecule has 2 aliphatic heterocycles. The first-order valence-corrected chi connectivity index (χ1v) is 12.3. The third-order valence-electron chi connectivity index (χ3n) is 6.76. The Balaban J connectivity index is 1.36. The molecular formula is C29H32N6O. The number of carbonyl (C=O) groups excluding carboxylic acids is 1. The Bertz CT molecular complexity index is 1250. The number of hydrazine groups is 1. The zero-order valence-electron chi connectivity index (χ0n) is 20.5. The molecule has 1 saturated heterocycles. The number of likely N-dealkylation sites (tertiary alicyclic amines) is 1. The van der Waals surface area contributed by atoms with Crippen LogP contribution < -0.4 is 16.1 Å². The number of fused-ring (bicyclic) bond motifs is 1. The van der Waals surface area contributed by atoms with Crippen LogP contribution >= 0.6 is 0 Å². The number of nitrogens with one attached hydrogen (secondary N) is 3. The van der Waals surface area contributed by atoms with Crippen molar-refractivity contribution in [2.45, 2.75) is 24.9 Å². The minimum atomic E-state index is -0.232. The molecule has 3 N–H and O–H groups in total. The summed E-state index contributed by atoms with van der Waals surface area (Å²) in [6, 6.07) is 18.8. The first-order chi connectivity index (χ1) is 17.6. The molecule has 5 rings (SSSR count). The largest absolute Gasteiger partial charge is 0.382 e. The van der Waals surface area contributed by atoms with Crippen LogP contribution in [0.15, 0.2) is 85.8 Å².